The number of aliphatic hydroxyl groups is 1. The minimum Gasteiger partial charge on any atom is -0.479 e. The van der Waals surface area contributed by atoms with Crippen LogP contribution in [-0.4, -0.2) is 16.2 Å². The Morgan fingerprint density at radius 2 is 1.53 bits per heavy atom. The van der Waals surface area contributed by atoms with Crippen LogP contribution in [0.1, 0.15) is 11.7 Å². The topological polar surface area (TPSA) is 57.5 Å². The van der Waals surface area contributed by atoms with Crippen LogP contribution in [0.15, 0.2) is 42.5 Å². The predicted octanol–water partition coefficient (Wildman–Crippen LogP) is 3.78. The summed E-state index contributed by atoms with van der Waals surface area (Å²) in [5, 5.41) is 19.0. The second-order valence-electron chi connectivity index (χ2n) is 3.99. The Morgan fingerprint density at radius 1 is 0.947 bits per heavy atom. The van der Waals surface area contributed by atoms with Crippen LogP contribution in [0.3, 0.4) is 0 Å². The molecule has 0 aliphatic heterocycles. The molecule has 0 aromatic heterocycles. The number of carboxylic acid groups (broad SMARTS) is 1. The molecule has 0 aliphatic rings. The van der Waals surface area contributed by atoms with Crippen molar-refractivity contribution in [3.63, 3.8) is 0 Å². The van der Waals surface area contributed by atoms with Crippen molar-refractivity contribution < 1.29 is 15.0 Å². The molecule has 19 heavy (non-hydrogen) atoms. The first kappa shape index (κ1) is 13.9. The fraction of sp³-hybridized carbons (Fsp3) is 0.0714. The van der Waals surface area contributed by atoms with Crippen molar-refractivity contribution in [2.24, 2.45) is 0 Å². The van der Waals surface area contributed by atoms with Gasteiger partial charge in [-0.3, -0.25) is 0 Å². The third kappa shape index (κ3) is 3.07. The summed E-state index contributed by atoms with van der Waals surface area (Å²) in [5.41, 5.74) is 2.06. The Morgan fingerprint density at radius 3 is 2.05 bits per heavy atom. The van der Waals surface area contributed by atoms with Crippen molar-refractivity contribution in [2.45, 2.75) is 6.10 Å². The zero-order valence-corrected chi connectivity index (χ0v) is 11.2. The Labute approximate surface area is 120 Å². The maximum absolute atomic E-state index is 10.7. The number of aliphatic carboxylic acids is 1. The highest BCUT2D eigenvalue weighted by atomic mass is 35.5. The van der Waals surface area contributed by atoms with E-state index in [2.05, 4.69) is 0 Å². The van der Waals surface area contributed by atoms with Gasteiger partial charge in [0.2, 0.25) is 0 Å². The number of hydrogen-bond acceptors (Lipinski definition) is 2. The highest BCUT2D eigenvalue weighted by molar-refractivity contribution is 6.42. The second-order valence-corrected chi connectivity index (χ2v) is 4.81. The van der Waals surface area contributed by atoms with Gasteiger partial charge < -0.3 is 10.2 Å². The SMILES string of the molecule is O=C(O)C(O)c1ccc(-c2ccc(Cl)c(Cl)c2)cc1. The van der Waals surface area contributed by atoms with Gasteiger partial charge in [-0.25, -0.2) is 4.79 Å². The Balaban J connectivity index is 2.32. The van der Waals surface area contributed by atoms with E-state index in [-0.39, 0.29) is 0 Å². The maximum atomic E-state index is 10.7. The number of halogens is 2. The molecule has 0 radical (unpaired) electrons. The van der Waals surface area contributed by atoms with Crippen molar-refractivity contribution in [2.75, 3.05) is 0 Å². The van der Waals surface area contributed by atoms with E-state index in [1.807, 2.05) is 6.07 Å². The molecule has 1 atom stereocenters. The lowest BCUT2D eigenvalue weighted by molar-refractivity contribution is -0.146. The smallest absolute Gasteiger partial charge is 0.337 e. The van der Waals surface area contributed by atoms with Crippen LogP contribution in [0.2, 0.25) is 10.0 Å². The van der Waals surface area contributed by atoms with Gasteiger partial charge >= 0.3 is 5.97 Å². The number of hydrogen-bond donors (Lipinski definition) is 2. The molecule has 0 fully saturated rings. The Kier molecular flexibility index (Phi) is 4.10. The standard InChI is InChI=1S/C14H10Cl2O3/c15-11-6-5-10(7-12(11)16)8-1-3-9(4-2-8)13(17)14(18)19/h1-7,13,17H,(H,18,19). The number of carboxylic acids is 1. The lowest BCUT2D eigenvalue weighted by Gasteiger charge is -2.08. The molecule has 0 amide bonds. The molecule has 5 heteroatoms. The van der Waals surface area contributed by atoms with E-state index in [1.165, 1.54) is 0 Å². The van der Waals surface area contributed by atoms with Gasteiger partial charge in [-0.2, -0.15) is 0 Å². The first-order valence-electron chi connectivity index (χ1n) is 5.45. The molecule has 0 saturated heterocycles. The monoisotopic (exact) mass is 296 g/mol. The molecule has 2 aromatic carbocycles. The van der Waals surface area contributed by atoms with Crippen molar-refractivity contribution in [3.05, 3.63) is 58.1 Å². The predicted molar refractivity (Wildman–Crippen MR) is 74.5 cm³/mol. The molecule has 2 rings (SSSR count). The fourth-order valence-electron chi connectivity index (χ4n) is 1.68. The van der Waals surface area contributed by atoms with E-state index in [4.69, 9.17) is 28.3 Å². The van der Waals surface area contributed by atoms with Gasteiger partial charge in [0.15, 0.2) is 6.10 Å². The van der Waals surface area contributed by atoms with E-state index in [1.54, 1.807) is 36.4 Å². The van der Waals surface area contributed by atoms with E-state index < -0.39 is 12.1 Å². The largest absolute Gasteiger partial charge is 0.479 e. The highest BCUT2D eigenvalue weighted by Crippen LogP contribution is 2.29. The molecular weight excluding hydrogens is 287 g/mol. The van der Waals surface area contributed by atoms with Crippen molar-refractivity contribution in [1.82, 2.24) is 0 Å². The van der Waals surface area contributed by atoms with Crippen LogP contribution in [0.5, 0.6) is 0 Å². The zero-order chi connectivity index (χ0) is 14.0. The van der Waals surface area contributed by atoms with Gasteiger partial charge in [-0.1, -0.05) is 53.5 Å². The van der Waals surface area contributed by atoms with Crippen molar-refractivity contribution in [1.29, 1.82) is 0 Å². The number of benzene rings is 2. The summed E-state index contributed by atoms with van der Waals surface area (Å²) in [4.78, 5) is 10.7. The third-order valence-corrected chi connectivity index (χ3v) is 3.45. The van der Waals surface area contributed by atoms with Gasteiger partial charge in [-0.15, -0.1) is 0 Å². The Bertz CT molecular complexity index is 609. The Hall–Kier alpha value is -1.55. The molecule has 2 N–H and O–H groups in total. The van der Waals surface area contributed by atoms with E-state index in [0.717, 1.165) is 11.1 Å². The van der Waals surface area contributed by atoms with Gasteiger partial charge in [-0.05, 0) is 28.8 Å². The summed E-state index contributed by atoms with van der Waals surface area (Å²) in [6.07, 6.45) is -1.51. The summed E-state index contributed by atoms with van der Waals surface area (Å²) in [6, 6.07) is 11.8. The summed E-state index contributed by atoms with van der Waals surface area (Å²) < 4.78 is 0. The first-order chi connectivity index (χ1) is 8.99. The van der Waals surface area contributed by atoms with Gasteiger partial charge in [0.05, 0.1) is 10.0 Å². The van der Waals surface area contributed by atoms with Gasteiger partial charge in [0.1, 0.15) is 0 Å². The molecule has 98 valence electrons. The average Bonchev–Trinajstić information content (AvgIpc) is 2.41. The maximum Gasteiger partial charge on any atom is 0.337 e. The fourth-order valence-corrected chi connectivity index (χ4v) is 1.97. The van der Waals surface area contributed by atoms with Crippen LogP contribution in [-0.2, 0) is 4.79 Å². The van der Waals surface area contributed by atoms with E-state index in [0.29, 0.717) is 15.6 Å². The first-order valence-corrected chi connectivity index (χ1v) is 6.21. The molecule has 0 saturated carbocycles. The van der Waals surface area contributed by atoms with Crippen LogP contribution in [0.4, 0.5) is 0 Å². The van der Waals surface area contributed by atoms with E-state index >= 15 is 0 Å². The van der Waals surface area contributed by atoms with E-state index in [9.17, 15) is 9.90 Å². The van der Waals surface area contributed by atoms with Crippen LogP contribution < -0.4 is 0 Å². The summed E-state index contributed by atoms with van der Waals surface area (Å²) in [7, 11) is 0. The minimum atomic E-state index is -1.51. The highest BCUT2D eigenvalue weighted by Gasteiger charge is 2.15. The summed E-state index contributed by atoms with van der Waals surface area (Å²) in [6.45, 7) is 0. The zero-order valence-electron chi connectivity index (χ0n) is 9.68. The number of carbonyl (C=O) groups is 1. The van der Waals surface area contributed by atoms with Crippen LogP contribution in [0, 0.1) is 0 Å². The second kappa shape index (κ2) is 5.61. The molecule has 0 aliphatic carbocycles. The lowest BCUT2D eigenvalue weighted by Crippen LogP contribution is -2.10. The van der Waals surface area contributed by atoms with Crippen molar-refractivity contribution >= 4 is 29.2 Å². The number of aliphatic hydroxyl groups excluding tert-OH is 1. The number of rotatable bonds is 3. The molecule has 1 unspecified atom stereocenters. The quantitative estimate of drug-likeness (QED) is 0.906. The van der Waals surface area contributed by atoms with Gasteiger partial charge in [0, 0.05) is 0 Å². The molecule has 2 aromatic rings. The molecule has 0 bridgehead atoms. The van der Waals surface area contributed by atoms with Gasteiger partial charge in [0.25, 0.3) is 0 Å². The molecule has 3 nitrogen and oxygen atoms in total. The normalized spacial score (nSPS) is 12.2. The molecule has 0 heterocycles. The summed E-state index contributed by atoms with van der Waals surface area (Å²) in [5.74, 6) is -1.28. The van der Waals surface area contributed by atoms with Crippen LogP contribution >= 0.6 is 23.2 Å². The molecular formula is C14H10Cl2O3. The average molecular weight is 297 g/mol. The van der Waals surface area contributed by atoms with Crippen LogP contribution in [0.25, 0.3) is 11.1 Å². The minimum absolute atomic E-state index is 0.330. The lowest BCUT2D eigenvalue weighted by atomic mass is 10.0. The van der Waals surface area contributed by atoms with Crippen molar-refractivity contribution in [3.8, 4) is 11.1 Å². The summed E-state index contributed by atoms with van der Waals surface area (Å²) >= 11 is 11.8. The third-order valence-electron chi connectivity index (χ3n) is 2.71. The molecule has 0 spiro atoms.